The molecule has 1 heterocycles. The van der Waals surface area contributed by atoms with Gasteiger partial charge in [0.25, 0.3) is 5.56 Å². The number of rotatable bonds is 6. The van der Waals surface area contributed by atoms with Crippen LogP contribution in [0.15, 0.2) is 71.5 Å². The summed E-state index contributed by atoms with van der Waals surface area (Å²) in [5, 5.41) is 0. The van der Waals surface area contributed by atoms with Gasteiger partial charge >= 0.3 is 0 Å². The first-order chi connectivity index (χ1) is 12.1. The molecule has 3 heteroatoms. The molecule has 1 aromatic heterocycles. The number of benzene rings is 2. The van der Waals surface area contributed by atoms with Gasteiger partial charge in [0.05, 0.1) is 12.1 Å². The number of hydrogen-bond acceptors (Lipinski definition) is 1. The zero-order chi connectivity index (χ0) is 17.8. The summed E-state index contributed by atoms with van der Waals surface area (Å²) >= 11 is 0. The molecule has 0 unspecified atom stereocenters. The standard InChI is InChI=1S/C22H26N2O/c1-17(14-20-10-6-4-7-11-20)23-19(3)16-22(25)24(23)18(2)15-21-12-8-5-9-13-21/h4-13,16-18H,14-15H2,1-3H3/t17-,18-/m1/s1. The van der Waals surface area contributed by atoms with E-state index in [1.807, 2.05) is 35.9 Å². The first-order valence-electron chi connectivity index (χ1n) is 8.94. The zero-order valence-electron chi connectivity index (χ0n) is 15.2. The molecule has 0 aliphatic carbocycles. The fourth-order valence-electron chi connectivity index (χ4n) is 3.66. The molecular weight excluding hydrogens is 308 g/mol. The second-order valence-corrected chi connectivity index (χ2v) is 6.89. The average molecular weight is 334 g/mol. The summed E-state index contributed by atoms with van der Waals surface area (Å²) in [4.78, 5) is 12.6. The zero-order valence-corrected chi connectivity index (χ0v) is 15.2. The van der Waals surface area contributed by atoms with Crippen molar-refractivity contribution < 1.29 is 0 Å². The van der Waals surface area contributed by atoms with Gasteiger partial charge in [0.2, 0.25) is 0 Å². The monoisotopic (exact) mass is 334 g/mol. The van der Waals surface area contributed by atoms with Crippen LogP contribution in [0.4, 0.5) is 0 Å². The van der Waals surface area contributed by atoms with E-state index in [9.17, 15) is 4.79 Å². The van der Waals surface area contributed by atoms with Crippen LogP contribution in [-0.2, 0) is 12.8 Å². The molecule has 0 amide bonds. The van der Waals surface area contributed by atoms with E-state index in [4.69, 9.17) is 0 Å². The van der Waals surface area contributed by atoms with Crippen molar-refractivity contribution in [1.82, 2.24) is 9.36 Å². The van der Waals surface area contributed by atoms with Gasteiger partial charge in [-0.15, -0.1) is 0 Å². The third-order valence-electron chi connectivity index (χ3n) is 4.73. The minimum atomic E-state index is 0.0841. The molecule has 0 N–H and O–H groups in total. The number of hydrogen-bond donors (Lipinski definition) is 0. The molecule has 0 radical (unpaired) electrons. The lowest BCUT2D eigenvalue weighted by atomic mass is 10.1. The number of aromatic nitrogens is 2. The van der Waals surface area contributed by atoms with Crippen molar-refractivity contribution in [3.8, 4) is 0 Å². The maximum atomic E-state index is 12.6. The molecule has 25 heavy (non-hydrogen) atoms. The van der Waals surface area contributed by atoms with Gasteiger partial charge in [0.1, 0.15) is 0 Å². The van der Waals surface area contributed by atoms with Crippen LogP contribution in [0.25, 0.3) is 0 Å². The quantitative estimate of drug-likeness (QED) is 0.649. The van der Waals surface area contributed by atoms with Gasteiger partial charge in [-0.25, -0.2) is 4.68 Å². The Morgan fingerprint density at radius 1 is 0.760 bits per heavy atom. The van der Waals surface area contributed by atoms with E-state index in [0.29, 0.717) is 0 Å². The molecule has 0 aliphatic rings. The first-order valence-corrected chi connectivity index (χ1v) is 8.94. The summed E-state index contributed by atoms with van der Waals surface area (Å²) < 4.78 is 4.10. The van der Waals surface area contributed by atoms with E-state index in [2.05, 4.69) is 54.9 Å². The fourth-order valence-corrected chi connectivity index (χ4v) is 3.66. The summed E-state index contributed by atoms with van der Waals surface area (Å²) in [6.45, 7) is 6.33. The van der Waals surface area contributed by atoms with Gasteiger partial charge in [-0.05, 0) is 44.7 Å². The van der Waals surface area contributed by atoms with Crippen LogP contribution in [0.2, 0.25) is 0 Å². The van der Waals surface area contributed by atoms with Crippen molar-refractivity contribution >= 4 is 0 Å². The highest BCUT2D eigenvalue weighted by atomic mass is 16.1. The van der Waals surface area contributed by atoms with Crippen molar-refractivity contribution in [1.29, 1.82) is 0 Å². The van der Waals surface area contributed by atoms with Crippen LogP contribution in [-0.4, -0.2) is 9.36 Å². The summed E-state index contributed by atoms with van der Waals surface area (Å²) in [5.74, 6) is 0. The molecule has 0 aliphatic heterocycles. The van der Waals surface area contributed by atoms with Crippen molar-refractivity contribution in [2.45, 2.75) is 45.7 Å². The Kier molecular flexibility index (Phi) is 5.22. The van der Waals surface area contributed by atoms with Crippen LogP contribution in [0, 0.1) is 6.92 Å². The van der Waals surface area contributed by atoms with E-state index >= 15 is 0 Å². The van der Waals surface area contributed by atoms with Gasteiger partial charge in [-0.3, -0.25) is 9.48 Å². The van der Waals surface area contributed by atoms with Crippen LogP contribution in [0.1, 0.15) is 42.8 Å². The second kappa shape index (κ2) is 7.56. The predicted molar refractivity (Wildman–Crippen MR) is 103 cm³/mol. The highest BCUT2D eigenvalue weighted by Crippen LogP contribution is 2.20. The Balaban J connectivity index is 1.88. The number of nitrogens with zero attached hydrogens (tertiary/aromatic N) is 2. The summed E-state index contributed by atoms with van der Waals surface area (Å²) in [6.07, 6.45) is 1.76. The molecular formula is C22H26N2O. The Morgan fingerprint density at radius 2 is 1.20 bits per heavy atom. The van der Waals surface area contributed by atoms with E-state index in [0.717, 1.165) is 18.5 Å². The van der Waals surface area contributed by atoms with Crippen molar-refractivity contribution in [2.75, 3.05) is 0 Å². The van der Waals surface area contributed by atoms with Crippen LogP contribution in [0.5, 0.6) is 0 Å². The van der Waals surface area contributed by atoms with E-state index < -0.39 is 0 Å². The predicted octanol–water partition coefficient (Wildman–Crippen LogP) is 4.57. The van der Waals surface area contributed by atoms with Gasteiger partial charge in [0, 0.05) is 11.8 Å². The second-order valence-electron chi connectivity index (χ2n) is 6.89. The summed E-state index contributed by atoms with van der Waals surface area (Å²) in [6, 6.07) is 22.9. The molecule has 3 aromatic rings. The maximum absolute atomic E-state index is 12.6. The van der Waals surface area contributed by atoms with Gasteiger partial charge < -0.3 is 0 Å². The Morgan fingerprint density at radius 3 is 1.68 bits per heavy atom. The van der Waals surface area contributed by atoms with Gasteiger partial charge in [-0.1, -0.05) is 60.7 Å². The molecule has 0 saturated heterocycles. The molecule has 2 atom stereocenters. The molecule has 0 saturated carbocycles. The topological polar surface area (TPSA) is 26.9 Å². The minimum absolute atomic E-state index is 0.0841. The van der Waals surface area contributed by atoms with Crippen LogP contribution < -0.4 is 5.56 Å². The molecule has 3 nitrogen and oxygen atoms in total. The number of aryl methyl sites for hydroxylation is 1. The molecule has 0 spiro atoms. The van der Waals surface area contributed by atoms with Crippen LogP contribution >= 0.6 is 0 Å². The molecule has 3 rings (SSSR count). The average Bonchev–Trinajstić information content (AvgIpc) is 2.91. The summed E-state index contributed by atoms with van der Waals surface area (Å²) in [5.41, 5.74) is 3.65. The highest BCUT2D eigenvalue weighted by molar-refractivity contribution is 5.17. The lowest BCUT2D eigenvalue weighted by Gasteiger charge is -2.25. The molecule has 0 fully saturated rings. The van der Waals surface area contributed by atoms with E-state index in [-0.39, 0.29) is 17.6 Å². The van der Waals surface area contributed by atoms with Crippen molar-refractivity contribution in [3.63, 3.8) is 0 Å². The Hall–Kier alpha value is -2.55. The third kappa shape index (κ3) is 3.93. The largest absolute Gasteiger partial charge is 0.284 e. The summed E-state index contributed by atoms with van der Waals surface area (Å²) in [7, 11) is 0. The highest BCUT2D eigenvalue weighted by Gasteiger charge is 2.19. The fraction of sp³-hybridized carbons (Fsp3) is 0.318. The van der Waals surface area contributed by atoms with E-state index in [1.54, 1.807) is 6.07 Å². The van der Waals surface area contributed by atoms with Crippen molar-refractivity contribution in [3.05, 3.63) is 93.9 Å². The molecule has 130 valence electrons. The first kappa shape index (κ1) is 17.3. The molecule has 0 bridgehead atoms. The smallest absolute Gasteiger partial charge is 0.267 e. The minimum Gasteiger partial charge on any atom is -0.284 e. The van der Waals surface area contributed by atoms with E-state index in [1.165, 1.54) is 11.1 Å². The van der Waals surface area contributed by atoms with Crippen molar-refractivity contribution in [2.24, 2.45) is 0 Å². The normalized spacial score (nSPS) is 13.6. The third-order valence-corrected chi connectivity index (χ3v) is 4.73. The maximum Gasteiger partial charge on any atom is 0.267 e. The van der Waals surface area contributed by atoms with Gasteiger partial charge in [-0.2, -0.15) is 0 Å². The SMILES string of the molecule is Cc1cc(=O)n([C@H](C)Cc2ccccc2)n1[C@H](C)Cc1ccccc1. The lowest BCUT2D eigenvalue weighted by Crippen LogP contribution is -2.30. The molecule has 2 aromatic carbocycles. The Bertz CT molecular complexity index is 862. The Labute approximate surface area is 149 Å². The lowest BCUT2D eigenvalue weighted by molar-refractivity contribution is 0.328. The van der Waals surface area contributed by atoms with Gasteiger partial charge in [0.15, 0.2) is 0 Å². The van der Waals surface area contributed by atoms with Crippen LogP contribution in [0.3, 0.4) is 0 Å².